The van der Waals surface area contributed by atoms with Crippen molar-refractivity contribution in [2.24, 2.45) is 0 Å². The first-order chi connectivity index (χ1) is 7.84. The van der Waals surface area contributed by atoms with Gasteiger partial charge in [-0.1, -0.05) is 23.7 Å². The van der Waals surface area contributed by atoms with E-state index in [0.717, 1.165) is 24.9 Å². The predicted octanol–water partition coefficient (Wildman–Crippen LogP) is 4.14. The minimum Gasteiger partial charge on any atom is -0.308 e. The monoisotopic (exact) mass is 255 g/mol. The Balaban J connectivity index is 2.58. The van der Waals surface area contributed by atoms with Crippen molar-refractivity contribution >= 4 is 11.6 Å². The van der Waals surface area contributed by atoms with E-state index in [1.54, 1.807) is 19.9 Å². The third-order valence-corrected chi connectivity index (χ3v) is 3.89. The SMILES string of the molecule is CC(C)(F)c1c(Cl)cccc1C1(C)CCCN1. The van der Waals surface area contributed by atoms with Crippen LogP contribution in [0.2, 0.25) is 5.02 Å². The summed E-state index contributed by atoms with van der Waals surface area (Å²) in [5.41, 5.74) is 0.0541. The van der Waals surface area contributed by atoms with Gasteiger partial charge in [-0.25, -0.2) is 4.39 Å². The summed E-state index contributed by atoms with van der Waals surface area (Å²) in [6.07, 6.45) is 2.14. The van der Waals surface area contributed by atoms with Gasteiger partial charge in [0.25, 0.3) is 0 Å². The van der Waals surface area contributed by atoms with Gasteiger partial charge in [-0.2, -0.15) is 0 Å². The molecule has 1 unspecified atom stereocenters. The molecule has 1 aromatic carbocycles. The average molecular weight is 256 g/mol. The van der Waals surface area contributed by atoms with E-state index >= 15 is 0 Å². The fraction of sp³-hybridized carbons (Fsp3) is 0.571. The Bertz CT molecular complexity index is 417. The third-order valence-electron chi connectivity index (χ3n) is 3.57. The Morgan fingerprint density at radius 2 is 2.12 bits per heavy atom. The van der Waals surface area contributed by atoms with E-state index in [0.29, 0.717) is 10.6 Å². The molecule has 0 saturated carbocycles. The van der Waals surface area contributed by atoms with Crippen LogP contribution < -0.4 is 5.32 Å². The summed E-state index contributed by atoms with van der Waals surface area (Å²) in [7, 11) is 0. The molecule has 0 spiro atoms. The maximum Gasteiger partial charge on any atom is 0.132 e. The standard InChI is InChI=1S/C14H19ClFN/c1-13(2,16)12-10(6-4-7-11(12)15)14(3)8-5-9-17-14/h4,6-7,17H,5,8-9H2,1-3H3. The summed E-state index contributed by atoms with van der Waals surface area (Å²) in [4.78, 5) is 0. The molecular weight excluding hydrogens is 237 g/mol. The maximum atomic E-state index is 14.4. The molecule has 1 aliphatic heterocycles. The molecule has 3 heteroatoms. The number of hydrogen-bond donors (Lipinski definition) is 1. The summed E-state index contributed by atoms with van der Waals surface area (Å²) < 4.78 is 14.4. The number of halogens is 2. The number of hydrogen-bond acceptors (Lipinski definition) is 1. The van der Waals surface area contributed by atoms with Crippen molar-refractivity contribution in [1.82, 2.24) is 5.32 Å². The topological polar surface area (TPSA) is 12.0 Å². The van der Waals surface area contributed by atoms with Crippen molar-refractivity contribution in [2.75, 3.05) is 6.54 Å². The fourth-order valence-electron chi connectivity index (χ4n) is 2.71. The summed E-state index contributed by atoms with van der Waals surface area (Å²) in [5, 5.41) is 3.98. The van der Waals surface area contributed by atoms with Crippen LogP contribution >= 0.6 is 11.6 Å². The van der Waals surface area contributed by atoms with E-state index in [4.69, 9.17) is 11.6 Å². The number of rotatable bonds is 2. The van der Waals surface area contributed by atoms with Gasteiger partial charge >= 0.3 is 0 Å². The van der Waals surface area contributed by atoms with Gasteiger partial charge in [0, 0.05) is 16.1 Å². The molecular formula is C14H19ClFN. The molecule has 17 heavy (non-hydrogen) atoms. The van der Waals surface area contributed by atoms with Gasteiger partial charge < -0.3 is 5.32 Å². The van der Waals surface area contributed by atoms with Crippen LogP contribution in [0.4, 0.5) is 4.39 Å². The second-order valence-electron chi connectivity index (χ2n) is 5.50. The van der Waals surface area contributed by atoms with Crippen LogP contribution in [0.5, 0.6) is 0 Å². The van der Waals surface area contributed by atoms with Crippen LogP contribution in [-0.4, -0.2) is 6.54 Å². The van der Waals surface area contributed by atoms with Crippen molar-refractivity contribution in [3.05, 3.63) is 34.3 Å². The fourth-order valence-corrected chi connectivity index (χ4v) is 3.11. The van der Waals surface area contributed by atoms with Crippen molar-refractivity contribution in [1.29, 1.82) is 0 Å². The Morgan fingerprint density at radius 1 is 1.41 bits per heavy atom. The van der Waals surface area contributed by atoms with Gasteiger partial charge in [-0.3, -0.25) is 0 Å². The zero-order chi connectivity index (χ0) is 12.7. The number of benzene rings is 1. The molecule has 1 saturated heterocycles. The highest BCUT2D eigenvalue weighted by atomic mass is 35.5. The van der Waals surface area contributed by atoms with Crippen molar-refractivity contribution < 1.29 is 4.39 Å². The summed E-state index contributed by atoms with van der Waals surface area (Å²) >= 11 is 6.19. The van der Waals surface area contributed by atoms with Gasteiger partial charge in [0.2, 0.25) is 0 Å². The van der Waals surface area contributed by atoms with E-state index in [1.807, 2.05) is 12.1 Å². The first-order valence-electron chi connectivity index (χ1n) is 6.08. The highest BCUT2D eigenvalue weighted by Gasteiger charge is 2.36. The molecule has 94 valence electrons. The van der Waals surface area contributed by atoms with Gasteiger partial charge in [0.05, 0.1) is 0 Å². The highest BCUT2D eigenvalue weighted by molar-refractivity contribution is 6.31. The second kappa shape index (κ2) is 4.25. The molecule has 0 aromatic heterocycles. The van der Waals surface area contributed by atoms with E-state index < -0.39 is 5.67 Å². The molecule has 1 aliphatic rings. The largest absolute Gasteiger partial charge is 0.308 e. The molecule has 1 atom stereocenters. The lowest BCUT2D eigenvalue weighted by atomic mass is 9.82. The van der Waals surface area contributed by atoms with Crippen LogP contribution in [0.1, 0.15) is 44.7 Å². The van der Waals surface area contributed by atoms with Crippen LogP contribution in [0.25, 0.3) is 0 Å². The van der Waals surface area contributed by atoms with E-state index in [1.165, 1.54) is 0 Å². The molecule has 1 aromatic rings. The van der Waals surface area contributed by atoms with Crippen LogP contribution in [-0.2, 0) is 11.2 Å². The number of nitrogens with one attached hydrogen (secondary N) is 1. The third kappa shape index (κ3) is 2.34. The summed E-state index contributed by atoms with van der Waals surface area (Å²) in [6.45, 7) is 6.24. The van der Waals surface area contributed by atoms with Crippen LogP contribution in [0.3, 0.4) is 0 Å². The van der Waals surface area contributed by atoms with Crippen LogP contribution in [0, 0.1) is 0 Å². The molecule has 0 aliphatic carbocycles. The molecule has 1 heterocycles. The minimum absolute atomic E-state index is 0.149. The van der Waals surface area contributed by atoms with Crippen LogP contribution in [0.15, 0.2) is 18.2 Å². The van der Waals surface area contributed by atoms with Gasteiger partial charge in [-0.05, 0) is 51.8 Å². The van der Waals surface area contributed by atoms with Crippen molar-refractivity contribution in [3.63, 3.8) is 0 Å². The molecule has 0 bridgehead atoms. The van der Waals surface area contributed by atoms with Gasteiger partial charge in [0.15, 0.2) is 0 Å². The first-order valence-corrected chi connectivity index (χ1v) is 6.46. The smallest absolute Gasteiger partial charge is 0.132 e. The lowest BCUT2D eigenvalue weighted by molar-refractivity contribution is 0.215. The first kappa shape index (κ1) is 12.8. The average Bonchev–Trinajstić information content (AvgIpc) is 2.64. The molecule has 1 fully saturated rings. The van der Waals surface area contributed by atoms with E-state index in [2.05, 4.69) is 12.2 Å². The predicted molar refractivity (Wildman–Crippen MR) is 70.2 cm³/mol. The zero-order valence-corrected chi connectivity index (χ0v) is 11.4. The molecule has 1 N–H and O–H groups in total. The maximum absolute atomic E-state index is 14.4. The quantitative estimate of drug-likeness (QED) is 0.837. The number of alkyl halides is 1. The highest BCUT2D eigenvalue weighted by Crippen LogP contribution is 2.41. The lowest BCUT2D eigenvalue weighted by Crippen LogP contribution is -2.35. The molecule has 0 radical (unpaired) electrons. The van der Waals surface area contributed by atoms with E-state index in [-0.39, 0.29) is 5.54 Å². The van der Waals surface area contributed by atoms with Crippen molar-refractivity contribution in [3.8, 4) is 0 Å². The minimum atomic E-state index is -1.42. The summed E-state index contributed by atoms with van der Waals surface area (Å²) in [5.74, 6) is 0. The molecule has 2 rings (SSSR count). The normalized spacial score (nSPS) is 25.2. The zero-order valence-electron chi connectivity index (χ0n) is 10.6. The Hall–Kier alpha value is -0.600. The van der Waals surface area contributed by atoms with Gasteiger partial charge in [0.1, 0.15) is 5.67 Å². The summed E-state index contributed by atoms with van der Waals surface area (Å²) in [6, 6.07) is 5.65. The Kier molecular flexibility index (Phi) is 3.21. The molecule has 1 nitrogen and oxygen atoms in total. The van der Waals surface area contributed by atoms with E-state index in [9.17, 15) is 4.39 Å². The molecule has 0 amide bonds. The Morgan fingerprint density at radius 3 is 2.65 bits per heavy atom. The van der Waals surface area contributed by atoms with Gasteiger partial charge in [-0.15, -0.1) is 0 Å². The second-order valence-corrected chi connectivity index (χ2v) is 5.90. The lowest BCUT2D eigenvalue weighted by Gasteiger charge is -2.31. The Labute approximate surface area is 107 Å². The van der Waals surface area contributed by atoms with Crippen molar-refractivity contribution in [2.45, 2.75) is 44.8 Å².